The van der Waals surface area contributed by atoms with Gasteiger partial charge in [-0.15, -0.1) is 0 Å². The second-order valence-corrected chi connectivity index (χ2v) is 11.5. The summed E-state index contributed by atoms with van der Waals surface area (Å²) in [5.74, 6) is 0.134. The number of rotatable bonds is 6. The van der Waals surface area contributed by atoms with Crippen molar-refractivity contribution < 1.29 is 13.2 Å². The third kappa shape index (κ3) is 5.48. The molecule has 33 heavy (non-hydrogen) atoms. The molecule has 2 heterocycles. The smallest absolute Gasteiger partial charge is 0.254 e. The number of carbonyl (C=O) groups is 1. The highest BCUT2D eigenvalue weighted by atomic mass is 32.2. The summed E-state index contributed by atoms with van der Waals surface area (Å²) < 4.78 is 26.8. The molecule has 2 aromatic carbocycles. The molecule has 2 aliphatic rings. The lowest BCUT2D eigenvalue weighted by atomic mass is 9.98. The first-order valence-corrected chi connectivity index (χ1v) is 13.7. The van der Waals surface area contributed by atoms with Crippen molar-refractivity contribution in [2.45, 2.75) is 51.7 Å². The zero-order valence-electron chi connectivity index (χ0n) is 19.9. The van der Waals surface area contributed by atoms with Crippen molar-refractivity contribution >= 4 is 15.9 Å². The minimum Gasteiger partial charge on any atom is -0.339 e. The summed E-state index contributed by atoms with van der Waals surface area (Å²) in [4.78, 5) is 17.6. The standard InChI is InChI=1S/C26H35N3O3S/c1-20-8-7-9-21(2)25(20)26(30)27-15-12-23(13-16-27)28-17-14-24(19-28)29(33(3,31)32)18-22-10-5-4-6-11-22/h4-11,23-24H,12-19H2,1-3H3/t24-/m0/s1. The fourth-order valence-electron chi connectivity index (χ4n) is 5.36. The summed E-state index contributed by atoms with van der Waals surface area (Å²) in [5, 5.41) is 0. The van der Waals surface area contributed by atoms with Crippen molar-refractivity contribution in [3.05, 3.63) is 70.8 Å². The first kappa shape index (κ1) is 23.9. The lowest BCUT2D eigenvalue weighted by Crippen LogP contribution is -2.47. The fourth-order valence-corrected chi connectivity index (χ4v) is 6.46. The van der Waals surface area contributed by atoms with E-state index in [0.717, 1.165) is 67.7 Å². The van der Waals surface area contributed by atoms with Crippen LogP contribution in [0.4, 0.5) is 0 Å². The predicted octanol–water partition coefficient (Wildman–Crippen LogP) is 3.44. The molecule has 0 unspecified atom stereocenters. The molecule has 0 aliphatic carbocycles. The van der Waals surface area contributed by atoms with Crippen molar-refractivity contribution in [3.8, 4) is 0 Å². The second-order valence-electron chi connectivity index (χ2n) is 9.52. The van der Waals surface area contributed by atoms with Crippen LogP contribution in [0.2, 0.25) is 0 Å². The monoisotopic (exact) mass is 469 g/mol. The van der Waals surface area contributed by atoms with Crippen molar-refractivity contribution in [2.75, 3.05) is 32.4 Å². The second kappa shape index (κ2) is 9.95. The largest absolute Gasteiger partial charge is 0.339 e. The highest BCUT2D eigenvalue weighted by molar-refractivity contribution is 7.88. The van der Waals surface area contributed by atoms with Gasteiger partial charge in [-0.1, -0.05) is 48.5 Å². The van der Waals surface area contributed by atoms with Gasteiger partial charge in [-0.05, 0) is 49.8 Å². The van der Waals surface area contributed by atoms with Gasteiger partial charge in [-0.2, -0.15) is 4.31 Å². The molecule has 1 amide bonds. The molecule has 7 heteroatoms. The van der Waals surface area contributed by atoms with E-state index in [1.807, 2.05) is 67.3 Å². The number of hydrogen-bond donors (Lipinski definition) is 0. The molecule has 6 nitrogen and oxygen atoms in total. The van der Waals surface area contributed by atoms with E-state index in [4.69, 9.17) is 0 Å². The molecule has 0 saturated carbocycles. The summed E-state index contributed by atoms with van der Waals surface area (Å²) in [7, 11) is -3.31. The highest BCUT2D eigenvalue weighted by Crippen LogP contribution is 2.27. The number of nitrogens with zero attached hydrogens (tertiary/aromatic N) is 3. The van der Waals surface area contributed by atoms with E-state index < -0.39 is 10.0 Å². The predicted molar refractivity (Wildman–Crippen MR) is 132 cm³/mol. The third-order valence-electron chi connectivity index (χ3n) is 7.17. The minimum absolute atomic E-state index is 0.00511. The van der Waals surface area contributed by atoms with E-state index in [9.17, 15) is 13.2 Å². The minimum atomic E-state index is -3.31. The van der Waals surface area contributed by atoms with Crippen LogP contribution in [0.25, 0.3) is 0 Å². The summed E-state index contributed by atoms with van der Waals surface area (Å²) >= 11 is 0. The maximum atomic E-state index is 13.1. The SMILES string of the molecule is Cc1cccc(C)c1C(=O)N1CCC(N2CC[C@H](N(Cc3ccccc3)S(C)(=O)=O)C2)CC1. The van der Waals surface area contributed by atoms with Crippen LogP contribution in [-0.2, 0) is 16.6 Å². The Morgan fingerprint density at radius 3 is 2.18 bits per heavy atom. The van der Waals surface area contributed by atoms with Crippen LogP contribution in [0.3, 0.4) is 0 Å². The molecule has 2 aromatic rings. The number of piperidine rings is 1. The molecule has 0 aromatic heterocycles. The number of sulfonamides is 1. The zero-order chi connectivity index (χ0) is 23.6. The highest BCUT2D eigenvalue weighted by Gasteiger charge is 2.37. The van der Waals surface area contributed by atoms with Gasteiger partial charge in [0.05, 0.1) is 6.26 Å². The van der Waals surface area contributed by atoms with Crippen LogP contribution >= 0.6 is 0 Å². The molecule has 0 spiro atoms. The van der Waals surface area contributed by atoms with E-state index in [0.29, 0.717) is 12.6 Å². The quantitative estimate of drug-likeness (QED) is 0.650. The van der Waals surface area contributed by atoms with E-state index in [2.05, 4.69) is 4.90 Å². The van der Waals surface area contributed by atoms with Gasteiger partial charge in [-0.25, -0.2) is 8.42 Å². The molecule has 0 N–H and O–H groups in total. The lowest BCUT2D eigenvalue weighted by Gasteiger charge is -2.37. The van der Waals surface area contributed by atoms with Crippen molar-refractivity contribution in [2.24, 2.45) is 0 Å². The molecule has 0 radical (unpaired) electrons. The maximum absolute atomic E-state index is 13.1. The molecular formula is C26H35N3O3S. The number of hydrogen-bond acceptors (Lipinski definition) is 4. The molecule has 2 fully saturated rings. The molecular weight excluding hydrogens is 434 g/mol. The summed E-state index contributed by atoms with van der Waals surface area (Å²) in [6.07, 6.45) is 4.03. The van der Waals surface area contributed by atoms with Crippen LogP contribution in [0.15, 0.2) is 48.5 Å². The van der Waals surface area contributed by atoms with Crippen LogP contribution in [0.5, 0.6) is 0 Å². The first-order chi connectivity index (χ1) is 15.7. The van der Waals surface area contributed by atoms with Gasteiger partial charge < -0.3 is 4.90 Å². The third-order valence-corrected chi connectivity index (χ3v) is 8.45. The molecule has 1 atom stereocenters. The van der Waals surface area contributed by atoms with Crippen LogP contribution in [0, 0.1) is 13.8 Å². The summed E-state index contributed by atoms with van der Waals surface area (Å²) in [6.45, 7) is 7.58. The lowest BCUT2D eigenvalue weighted by molar-refractivity contribution is 0.0638. The average Bonchev–Trinajstić information content (AvgIpc) is 3.27. The van der Waals surface area contributed by atoms with Crippen LogP contribution in [-0.4, -0.2) is 72.9 Å². The Hall–Kier alpha value is -2.22. The van der Waals surface area contributed by atoms with Gasteiger partial charge >= 0.3 is 0 Å². The maximum Gasteiger partial charge on any atom is 0.254 e. The Kier molecular flexibility index (Phi) is 7.22. The van der Waals surface area contributed by atoms with Gasteiger partial charge in [0, 0.05) is 50.4 Å². The molecule has 2 saturated heterocycles. The number of aryl methyl sites for hydroxylation is 2. The summed E-state index contributed by atoms with van der Waals surface area (Å²) in [5.41, 5.74) is 3.91. The fraction of sp³-hybridized carbons (Fsp3) is 0.500. The van der Waals surface area contributed by atoms with E-state index in [-0.39, 0.29) is 11.9 Å². The van der Waals surface area contributed by atoms with Crippen LogP contribution in [0.1, 0.15) is 46.3 Å². The van der Waals surface area contributed by atoms with Crippen molar-refractivity contribution in [3.63, 3.8) is 0 Å². The van der Waals surface area contributed by atoms with E-state index >= 15 is 0 Å². The Labute approximate surface area is 198 Å². The summed E-state index contributed by atoms with van der Waals surface area (Å²) in [6, 6.07) is 16.2. The number of likely N-dealkylation sites (tertiary alicyclic amines) is 2. The van der Waals surface area contributed by atoms with Gasteiger partial charge in [0.1, 0.15) is 0 Å². The topological polar surface area (TPSA) is 60.9 Å². The Morgan fingerprint density at radius 2 is 1.58 bits per heavy atom. The first-order valence-electron chi connectivity index (χ1n) is 11.8. The van der Waals surface area contributed by atoms with E-state index in [1.54, 1.807) is 4.31 Å². The molecule has 178 valence electrons. The zero-order valence-corrected chi connectivity index (χ0v) is 20.7. The van der Waals surface area contributed by atoms with Crippen LogP contribution < -0.4 is 0 Å². The van der Waals surface area contributed by atoms with Gasteiger partial charge in [0.2, 0.25) is 10.0 Å². The average molecular weight is 470 g/mol. The van der Waals surface area contributed by atoms with Gasteiger partial charge in [0.25, 0.3) is 5.91 Å². The molecule has 2 aliphatic heterocycles. The Balaban J connectivity index is 1.36. The number of amides is 1. The Morgan fingerprint density at radius 1 is 0.939 bits per heavy atom. The van der Waals surface area contributed by atoms with Crippen molar-refractivity contribution in [1.29, 1.82) is 0 Å². The molecule has 0 bridgehead atoms. The Bertz CT molecular complexity index is 1060. The van der Waals surface area contributed by atoms with E-state index in [1.165, 1.54) is 6.26 Å². The molecule has 4 rings (SSSR count). The van der Waals surface area contributed by atoms with Crippen molar-refractivity contribution in [1.82, 2.24) is 14.1 Å². The van der Waals surface area contributed by atoms with Gasteiger partial charge in [-0.3, -0.25) is 9.69 Å². The van der Waals surface area contributed by atoms with Gasteiger partial charge in [0.15, 0.2) is 0 Å². The number of benzene rings is 2. The number of carbonyl (C=O) groups excluding carboxylic acids is 1. The normalized spacial score (nSPS) is 20.5.